The molecule has 3 heteroatoms. The molecule has 1 heterocycles. The summed E-state index contributed by atoms with van der Waals surface area (Å²) in [7, 11) is 0. The van der Waals surface area contributed by atoms with E-state index in [-0.39, 0.29) is 23.6 Å². The molecule has 2 atom stereocenters. The van der Waals surface area contributed by atoms with Crippen molar-refractivity contribution in [1.82, 2.24) is 4.90 Å². The highest BCUT2D eigenvalue weighted by Crippen LogP contribution is 2.57. The summed E-state index contributed by atoms with van der Waals surface area (Å²) in [5, 5.41) is 0. The highest BCUT2D eigenvalue weighted by atomic mass is 16.6. The molecule has 0 aromatic heterocycles. The number of hydrogen-bond donors (Lipinski definition) is 0. The lowest BCUT2D eigenvalue weighted by molar-refractivity contribution is -0.0781. The van der Waals surface area contributed by atoms with Gasteiger partial charge in [-0.25, -0.2) is 4.79 Å². The first-order chi connectivity index (χ1) is 7.94. The molecule has 1 amide bonds. The molecule has 0 saturated carbocycles. The summed E-state index contributed by atoms with van der Waals surface area (Å²) in [6.45, 7) is 5.73. The quantitative estimate of drug-likeness (QED) is 0.602. The summed E-state index contributed by atoms with van der Waals surface area (Å²) in [6.07, 6.45) is 10.7. The summed E-state index contributed by atoms with van der Waals surface area (Å²) >= 11 is 0. The summed E-state index contributed by atoms with van der Waals surface area (Å²) in [5.74, 6) is 0. The topological polar surface area (TPSA) is 29.5 Å². The third-order valence-corrected chi connectivity index (χ3v) is 4.01. The van der Waals surface area contributed by atoms with Crippen molar-refractivity contribution in [3.63, 3.8) is 0 Å². The summed E-state index contributed by atoms with van der Waals surface area (Å²) in [5.41, 5.74) is -0.142. The second-order valence-corrected chi connectivity index (χ2v) is 6.28. The average Bonchev–Trinajstić information content (AvgIpc) is 2.69. The first-order valence-electron chi connectivity index (χ1n) is 6.29. The summed E-state index contributed by atoms with van der Waals surface area (Å²) in [6, 6.07) is 0.495. The van der Waals surface area contributed by atoms with Crippen LogP contribution in [-0.2, 0) is 4.74 Å². The van der Waals surface area contributed by atoms with Crippen molar-refractivity contribution in [3.05, 3.63) is 24.3 Å². The molecule has 0 unspecified atom stereocenters. The Morgan fingerprint density at radius 3 is 2.24 bits per heavy atom. The van der Waals surface area contributed by atoms with Gasteiger partial charge in [-0.15, -0.1) is 0 Å². The van der Waals surface area contributed by atoms with Crippen molar-refractivity contribution in [2.75, 3.05) is 0 Å². The number of nitrogens with zero attached hydrogens (tertiary/aromatic N) is 1. The SMILES string of the molecule is CC(C)(C)OC(=O)N1[C@H]2C=CCC23CC=C[C@H]13. The molecule has 0 bridgehead atoms. The molecule has 3 rings (SSSR count). The molecule has 3 nitrogen and oxygen atoms in total. The van der Waals surface area contributed by atoms with Crippen LogP contribution in [0.15, 0.2) is 24.3 Å². The van der Waals surface area contributed by atoms with Crippen LogP contribution in [0.25, 0.3) is 0 Å². The van der Waals surface area contributed by atoms with E-state index in [1.807, 2.05) is 25.7 Å². The van der Waals surface area contributed by atoms with E-state index in [9.17, 15) is 4.79 Å². The lowest BCUT2D eigenvalue weighted by Gasteiger charge is -2.57. The number of carbonyl (C=O) groups excluding carboxylic acids is 1. The molecule has 17 heavy (non-hydrogen) atoms. The van der Waals surface area contributed by atoms with Crippen LogP contribution >= 0.6 is 0 Å². The highest BCUT2D eigenvalue weighted by molar-refractivity contribution is 5.73. The number of allylic oxidation sites excluding steroid dienone is 2. The van der Waals surface area contributed by atoms with Gasteiger partial charge in [0.2, 0.25) is 0 Å². The molecule has 3 aliphatic rings. The van der Waals surface area contributed by atoms with Gasteiger partial charge in [-0.3, -0.25) is 4.90 Å². The van der Waals surface area contributed by atoms with Crippen LogP contribution in [0.2, 0.25) is 0 Å². The van der Waals surface area contributed by atoms with Crippen LogP contribution < -0.4 is 0 Å². The molecule has 0 radical (unpaired) electrons. The predicted molar refractivity (Wildman–Crippen MR) is 65.6 cm³/mol. The van der Waals surface area contributed by atoms with Crippen molar-refractivity contribution in [2.45, 2.75) is 51.3 Å². The number of carbonyl (C=O) groups is 1. The van der Waals surface area contributed by atoms with E-state index in [0.29, 0.717) is 0 Å². The minimum absolute atomic E-state index is 0.179. The van der Waals surface area contributed by atoms with Crippen molar-refractivity contribution < 1.29 is 9.53 Å². The van der Waals surface area contributed by atoms with Crippen molar-refractivity contribution >= 4 is 6.09 Å². The first kappa shape index (κ1) is 10.9. The molecule has 1 spiro atoms. The monoisotopic (exact) mass is 233 g/mol. The van der Waals surface area contributed by atoms with E-state index in [2.05, 4.69) is 24.3 Å². The van der Waals surface area contributed by atoms with Gasteiger partial charge in [0.15, 0.2) is 0 Å². The minimum atomic E-state index is -0.417. The second kappa shape index (κ2) is 3.15. The molecule has 1 aliphatic heterocycles. The fraction of sp³-hybridized carbons (Fsp3) is 0.643. The van der Waals surface area contributed by atoms with E-state index in [1.54, 1.807) is 0 Å². The number of amides is 1. The van der Waals surface area contributed by atoms with Crippen molar-refractivity contribution in [2.24, 2.45) is 5.41 Å². The Morgan fingerprint density at radius 1 is 1.24 bits per heavy atom. The van der Waals surface area contributed by atoms with Gasteiger partial charge < -0.3 is 4.74 Å². The Kier molecular flexibility index (Phi) is 2.02. The molecule has 0 N–H and O–H groups in total. The van der Waals surface area contributed by atoms with Crippen molar-refractivity contribution in [3.8, 4) is 0 Å². The summed E-state index contributed by atoms with van der Waals surface area (Å²) in [4.78, 5) is 14.0. The molecule has 1 fully saturated rings. The molecule has 0 aromatic rings. The van der Waals surface area contributed by atoms with Crippen LogP contribution in [-0.4, -0.2) is 28.7 Å². The van der Waals surface area contributed by atoms with Crippen LogP contribution in [0.3, 0.4) is 0 Å². The molecule has 92 valence electrons. The maximum Gasteiger partial charge on any atom is 0.411 e. The maximum atomic E-state index is 12.2. The zero-order valence-electron chi connectivity index (χ0n) is 10.6. The highest BCUT2D eigenvalue weighted by Gasteiger charge is 2.63. The zero-order valence-corrected chi connectivity index (χ0v) is 10.6. The molecule has 1 saturated heterocycles. The van der Waals surface area contributed by atoms with Gasteiger partial charge in [0.25, 0.3) is 0 Å². The Hall–Kier alpha value is -1.25. The van der Waals surface area contributed by atoms with Gasteiger partial charge in [-0.1, -0.05) is 24.3 Å². The van der Waals surface area contributed by atoms with E-state index in [0.717, 1.165) is 12.8 Å². The lowest BCUT2D eigenvalue weighted by Crippen LogP contribution is -2.69. The van der Waals surface area contributed by atoms with E-state index < -0.39 is 5.60 Å². The van der Waals surface area contributed by atoms with Gasteiger partial charge in [-0.2, -0.15) is 0 Å². The Bertz CT molecular complexity index is 390. The van der Waals surface area contributed by atoms with Gasteiger partial charge in [-0.05, 0) is 33.6 Å². The van der Waals surface area contributed by atoms with Gasteiger partial charge >= 0.3 is 6.09 Å². The van der Waals surface area contributed by atoms with Crippen LogP contribution in [0.1, 0.15) is 33.6 Å². The first-order valence-corrected chi connectivity index (χ1v) is 6.29. The lowest BCUT2D eigenvalue weighted by atomic mass is 9.67. The van der Waals surface area contributed by atoms with Gasteiger partial charge in [0.1, 0.15) is 5.60 Å². The molecule has 2 aliphatic carbocycles. The van der Waals surface area contributed by atoms with E-state index in [1.165, 1.54) is 0 Å². The summed E-state index contributed by atoms with van der Waals surface area (Å²) < 4.78 is 5.47. The molecule has 0 aromatic carbocycles. The maximum absolute atomic E-state index is 12.2. The zero-order chi connectivity index (χ0) is 12.3. The predicted octanol–water partition coefficient (Wildman–Crippen LogP) is 2.88. The fourth-order valence-electron chi connectivity index (χ4n) is 3.33. The van der Waals surface area contributed by atoms with Crippen LogP contribution in [0.5, 0.6) is 0 Å². The number of likely N-dealkylation sites (tertiary alicyclic amines) is 1. The molecular weight excluding hydrogens is 214 g/mol. The third-order valence-electron chi connectivity index (χ3n) is 4.01. The van der Waals surface area contributed by atoms with E-state index in [4.69, 9.17) is 4.74 Å². The van der Waals surface area contributed by atoms with Gasteiger partial charge in [0, 0.05) is 5.41 Å². The standard InChI is InChI=1S/C14H19NO2/c1-13(2,3)17-12(16)15-10-6-4-8-14(10)9-5-7-11(14)15/h4-7,10-11H,8-9H2,1-3H3/t10-,11-,14?/m0/s1. The minimum Gasteiger partial charge on any atom is -0.444 e. The van der Waals surface area contributed by atoms with Crippen LogP contribution in [0.4, 0.5) is 4.79 Å². The fourth-order valence-corrected chi connectivity index (χ4v) is 3.33. The second-order valence-electron chi connectivity index (χ2n) is 6.28. The van der Waals surface area contributed by atoms with Crippen molar-refractivity contribution in [1.29, 1.82) is 0 Å². The smallest absolute Gasteiger partial charge is 0.411 e. The molecular formula is C14H19NO2. The number of rotatable bonds is 0. The third kappa shape index (κ3) is 1.38. The average molecular weight is 233 g/mol. The number of ether oxygens (including phenoxy) is 1. The largest absolute Gasteiger partial charge is 0.444 e. The van der Waals surface area contributed by atoms with Crippen LogP contribution in [0, 0.1) is 5.41 Å². The normalized spacial score (nSPS) is 37.7. The van der Waals surface area contributed by atoms with E-state index >= 15 is 0 Å². The Balaban J connectivity index is 1.79. The Morgan fingerprint density at radius 2 is 1.76 bits per heavy atom. The van der Waals surface area contributed by atoms with Gasteiger partial charge in [0.05, 0.1) is 12.1 Å². The number of hydrogen-bond acceptors (Lipinski definition) is 2. The Labute approximate surface area is 102 Å².